The van der Waals surface area contributed by atoms with Gasteiger partial charge in [-0.15, -0.1) is 0 Å². The molecular formula is C22H19N2O7S-. The van der Waals surface area contributed by atoms with E-state index in [1.165, 1.54) is 43.5 Å². The molecule has 1 unspecified atom stereocenters. The number of nitro groups is 1. The second kappa shape index (κ2) is 9.58. The van der Waals surface area contributed by atoms with Gasteiger partial charge < -0.3 is 14.0 Å². The average Bonchev–Trinajstić information content (AvgIpc) is 2.75. The van der Waals surface area contributed by atoms with Crippen molar-refractivity contribution in [2.45, 2.75) is 13.8 Å². The van der Waals surface area contributed by atoms with Crippen LogP contribution in [-0.2, 0) is 16.0 Å². The molecule has 0 heterocycles. The van der Waals surface area contributed by atoms with Crippen molar-refractivity contribution in [1.82, 2.24) is 0 Å². The van der Waals surface area contributed by atoms with E-state index in [0.29, 0.717) is 17.0 Å². The summed E-state index contributed by atoms with van der Waals surface area (Å²) in [6, 6.07) is 15.3. The van der Waals surface area contributed by atoms with Crippen LogP contribution in [0.1, 0.15) is 21.5 Å². The lowest BCUT2D eigenvalue weighted by Gasteiger charge is -2.28. The summed E-state index contributed by atoms with van der Waals surface area (Å²) in [5, 5.41) is 11.0. The number of nitrogens with zero attached hydrogens (tertiary/aromatic N) is 2. The van der Waals surface area contributed by atoms with Crippen molar-refractivity contribution in [2.24, 2.45) is 0 Å². The molecule has 3 aromatic rings. The van der Waals surface area contributed by atoms with Gasteiger partial charge in [0.25, 0.3) is 5.69 Å². The van der Waals surface area contributed by atoms with Gasteiger partial charge in [-0.05, 0) is 56.3 Å². The van der Waals surface area contributed by atoms with E-state index in [9.17, 15) is 23.7 Å². The van der Waals surface area contributed by atoms with Gasteiger partial charge in [0.1, 0.15) is 11.5 Å². The van der Waals surface area contributed by atoms with Crippen LogP contribution in [0, 0.1) is 24.0 Å². The van der Waals surface area contributed by atoms with Gasteiger partial charge in [0.15, 0.2) is 0 Å². The molecule has 3 rings (SSSR count). The molecule has 0 aliphatic rings. The summed E-state index contributed by atoms with van der Waals surface area (Å²) in [5.41, 5.74) is 1.70. The van der Waals surface area contributed by atoms with Crippen LogP contribution in [0.3, 0.4) is 0 Å². The Morgan fingerprint density at radius 3 is 2.19 bits per heavy atom. The highest BCUT2D eigenvalue weighted by molar-refractivity contribution is 7.81. The molecule has 0 radical (unpaired) electrons. The minimum absolute atomic E-state index is 0.0339. The predicted molar refractivity (Wildman–Crippen MR) is 118 cm³/mol. The van der Waals surface area contributed by atoms with E-state index in [0.717, 1.165) is 9.87 Å². The molecule has 1 atom stereocenters. The van der Waals surface area contributed by atoms with Crippen molar-refractivity contribution in [3.63, 3.8) is 0 Å². The van der Waals surface area contributed by atoms with Gasteiger partial charge in [0, 0.05) is 11.6 Å². The number of hydrogen-bond acceptors (Lipinski definition) is 7. The van der Waals surface area contributed by atoms with Gasteiger partial charge in [-0.25, -0.2) is 4.79 Å². The number of benzene rings is 3. The lowest BCUT2D eigenvalue weighted by Crippen LogP contribution is -2.22. The maximum Gasteiger partial charge on any atom is 0.340 e. The number of ether oxygens (including phenoxy) is 2. The molecule has 0 aliphatic carbocycles. The Hall–Kier alpha value is -3.76. The largest absolute Gasteiger partial charge is 0.755 e. The maximum atomic E-state index is 12.4. The summed E-state index contributed by atoms with van der Waals surface area (Å²) in [6.07, 6.45) is 0. The summed E-state index contributed by atoms with van der Waals surface area (Å²) < 4.78 is 35.6. The molecule has 0 spiro atoms. The fraction of sp³-hybridized carbons (Fsp3) is 0.136. The van der Waals surface area contributed by atoms with Gasteiger partial charge in [-0.2, -0.15) is 0 Å². The fourth-order valence-electron chi connectivity index (χ4n) is 3.05. The zero-order valence-corrected chi connectivity index (χ0v) is 18.3. The summed E-state index contributed by atoms with van der Waals surface area (Å²) in [4.78, 5) is 22.9. The number of anilines is 2. The highest BCUT2D eigenvalue weighted by Crippen LogP contribution is 2.35. The average molecular weight is 455 g/mol. The summed E-state index contributed by atoms with van der Waals surface area (Å²) in [5.74, 6) is -0.213. The zero-order chi connectivity index (χ0) is 23.4. The molecule has 10 heteroatoms. The number of nitro benzene ring substituents is 1. The molecule has 0 bridgehead atoms. The zero-order valence-electron chi connectivity index (χ0n) is 17.4. The minimum Gasteiger partial charge on any atom is -0.755 e. The summed E-state index contributed by atoms with van der Waals surface area (Å²) in [6.45, 7) is 3.45. The van der Waals surface area contributed by atoms with E-state index in [-0.39, 0.29) is 22.7 Å². The van der Waals surface area contributed by atoms with Gasteiger partial charge in [0.05, 0.1) is 40.2 Å². The van der Waals surface area contributed by atoms with Crippen LogP contribution in [0.15, 0.2) is 60.7 Å². The first-order valence-corrected chi connectivity index (χ1v) is 10.4. The van der Waals surface area contributed by atoms with Gasteiger partial charge in [-0.1, -0.05) is 17.7 Å². The smallest absolute Gasteiger partial charge is 0.340 e. The molecule has 0 amide bonds. The molecule has 0 aliphatic heterocycles. The van der Waals surface area contributed by atoms with E-state index in [1.807, 2.05) is 6.92 Å². The number of aryl methyl sites for hydroxylation is 2. The second-order valence-electron chi connectivity index (χ2n) is 6.83. The number of carbonyl (C=O) groups excluding carboxylic acids is 1. The lowest BCUT2D eigenvalue weighted by atomic mass is 10.1. The van der Waals surface area contributed by atoms with Crippen LogP contribution >= 0.6 is 0 Å². The van der Waals surface area contributed by atoms with E-state index in [1.54, 1.807) is 31.2 Å². The maximum absolute atomic E-state index is 12.4. The van der Waals surface area contributed by atoms with Crippen molar-refractivity contribution < 1.29 is 28.0 Å². The first-order chi connectivity index (χ1) is 15.2. The SMILES string of the molecule is COC(=O)c1cc(Oc2ccc([N+](=O)[O-])c(C)c2)ccc1N(c1ccc(C)cc1)S(=O)[O-]. The molecule has 0 fully saturated rings. The molecule has 3 aromatic carbocycles. The van der Waals surface area contributed by atoms with Crippen molar-refractivity contribution in [2.75, 3.05) is 11.4 Å². The Kier molecular flexibility index (Phi) is 6.86. The molecule has 0 saturated heterocycles. The van der Waals surface area contributed by atoms with Gasteiger partial charge in [0.2, 0.25) is 0 Å². The van der Waals surface area contributed by atoms with Crippen LogP contribution in [0.4, 0.5) is 17.1 Å². The van der Waals surface area contributed by atoms with Crippen LogP contribution in [0.2, 0.25) is 0 Å². The minimum atomic E-state index is -2.72. The third-order valence-electron chi connectivity index (χ3n) is 4.61. The number of carbonyl (C=O) groups is 1. The number of methoxy groups -OCH3 is 1. The highest BCUT2D eigenvalue weighted by atomic mass is 32.2. The Labute approximate surface area is 186 Å². The number of hydrogen-bond donors (Lipinski definition) is 0. The molecular weight excluding hydrogens is 436 g/mol. The Morgan fingerprint density at radius 2 is 1.62 bits per heavy atom. The number of rotatable bonds is 7. The van der Waals surface area contributed by atoms with E-state index in [4.69, 9.17) is 9.47 Å². The topological polar surface area (TPSA) is 122 Å². The van der Waals surface area contributed by atoms with Crippen LogP contribution in [0.25, 0.3) is 0 Å². The molecule has 0 aromatic heterocycles. The fourth-order valence-corrected chi connectivity index (χ4v) is 3.66. The molecule has 166 valence electrons. The van der Waals surface area contributed by atoms with Crippen molar-refractivity contribution >= 4 is 34.3 Å². The summed E-state index contributed by atoms with van der Waals surface area (Å²) >= 11 is -2.72. The third kappa shape index (κ3) is 4.93. The molecule has 0 N–H and O–H groups in total. The van der Waals surface area contributed by atoms with E-state index in [2.05, 4.69) is 0 Å². The third-order valence-corrected chi connectivity index (χ3v) is 5.32. The van der Waals surface area contributed by atoms with Crippen LogP contribution in [-0.4, -0.2) is 26.8 Å². The van der Waals surface area contributed by atoms with E-state index < -0.39 is 22.2 Å². The van der Waals surface area contributed by atoms with Gasteiger partial charge >= 0.3 is 5.97 Å². The van der Waals surface area contributed by atoms with Crippen molar-refractivity contribution in [3.05, 3.63) is 87.5 Å². The molecule has 9 nitrogen and oxygen atoms in total. The van der Waals surface area contributed by atoms with Crippen LogP contribution < -0.4 is 9.04 Å². The second-order valence-corrected chi connectivity index (χ2v) is 7.62. The van der Waals surface area contributed by atoms with Crippen molar-refractivity contribution in [1.29, 1.82) is 0 Å². The Morgan fingerprint density at radius 1 is 1.00 bits per heavy atom. The Bertz CT molecular complexity index is 1200. The standard InChI is InChI=1S/C22H20N2O7S/c1-14-4-6-16(7-5-14)23(32(28)29)21-11-9-18(13-19(21)22(25)30-3)31-17-8-10-20(24(26)27)15(2)12-17/h4-13H,1-3H3,(H,28,29)/p-1. The highest BCUT2D eigenvalue weighted by Gasteiger charge is 2.21. The van der Waals surface area contributed by atoms with Crippen LogP contribution in [0.5, 0.6) is 11.5 Å². The predicted octanol–water partition coefficient (Wildman–Crippen LogP) is 4.72. The first-order valence-electron chi connectivity index (χ1n) is 9.32. The molecule has 32 heavy (non-hydrogen) atoms. The monoisotopic (exact) mass is 455 g/mol. The van der Waals surface area contributed by atoms with Crippen molar-refractivity contribution in [3.8, 4) is 11.5 Å². The Balaban J connectivity index is 2.03. The quantitative estimate of drug-likeness (QED) is 0.219. The summed E-state index contributed by atoms with van der Waals surface area (Å²) in [7, 11) is 1.18. The lowest BCUT2D eigenvalue weighted by molar-refractivity contribution is -0.385. The molecule has 0 saturated carbocycles. The van der Waals surface area contributed by atoms with Gasteiger partial charge in [-0.3, -0.25) is 18.6 Å². The normalized spacial score (nSPS) is 11.5. The number of esters is 1. The first kappa shape index (κ1) is 22.9. The van der Waals surface area contributed by atoms with E-state index >= 15 is 0 Å².